The summed E-state index contributed by atoms with van der Waals surface area (Å²) in [6.45, 7) is 3.62. The zero-order chi connectivity index (χ0) is 17.3. The molecule has 2 rings (SSSR count). The molecule has 23 heavy (non-hydrogen) atoms. The Kier molecular flexibility index (Phi) is 5.38. The van der Waals surface area contributed by atoms with E-state index in [-0.39, 0.29) is 0 Å². The first-order valence-corrected chi connectivity index (χ1v) is 7.88. The average molecular weight is 330 g/mol. The monoisotopic (exact) mass is 330 g/mol. The molecule has 3 nitrogen and oxygen atoms in total. The van der Waals surface area contributed by atoms with E-state index in [2.05, 4.69) is 23.9 Å². The predicted molar refractivity (Wildman–Crippen MR) is 84.2 cm³/mol. The van der Waals surface area contributed by atoms with Gasteiger partial charge in [-0.05, 0) is 64.6 Å². The number of hydrogen-bond donors (Lipinski definition) is 1. The van der Waals surface area contributed by atoms with Gasteiger partial charge in [-0.25, -0.2) is 0 Å². The average Bonchev–Trinajstić information content (AvgIpc) is 2.46. The van der Waals surface area contributed by atoms with Crippen molar-refractivity contribution in [2.24, 2.45) is 0 Å². The second-order valence-corrected chi connectivity index (χ2v) is 6.82. The third-order valence-corrected chi connectivity index (χ3v) is 4.63. The lowest BCUT2D eigenvalue weighted by Crippen LogP contribution is -2.46. The number of hydrogen-bond acceptors (Lipinski definition) is 3. The Balaban J connectivity index is 2.05. The van der Waals surface area contributed by atoms with Crippen LogP contribution in [0.2, 0.25) is 0 Å². The van der Waals surface area contributed by atoms with Crippen LogP contribution in [-0.4, -0.2) is 54.7 Å². The summed E-state index contributed by atoms with van der Waals surface area (Å²) < 4.78 is 38.5. The van der Waals surface area contributed by atoms with Gasteiger partial charge >= 0.3 is 6.18 Å². The molecule has 130 valence electrons. The summed E-state index contributed by atoms with van der Waals surface area (Å²) in [4.78, 5) is 4.32. The largest absolute Gasteiger partial charge is 0.416 e. The van der Waals surface area contributed by atoms with Crippen LogP contribution < -0.4 is 0 Å². The zero-order valence-electron chi connectivity index (χ0n) is 13.9. The first-order valence-electron chi connectivity index (χ1n) is 7.88. The molecule has 1 heterocycles. The summed E-state index contributed by atoms with van der Waals surface area (Å²) >= 11 is 0. The Morgan fingerprint density at radius 3 is 2.26 bits per heavy atom. The highest BCUT2D eigenvalue weighted by Crippen LogP contribution is 2.32. The maximum atomic E-state index is 12.8. The molecule has 0 radical (unpaired) electrons. The van der Waals surface area contributed by atoms with E-state index < -0.39 is 17.3 Å². The molecule has 1 aromatic carbocycles. The second-order valence-electron chi connectivity index (χ2n) is 6.82. The van der Waals surface area contributed by atoms with Crippen molar-refractivity contribution >= 4 is 0 Å². The number of benzene rings is 1. The van der Waals surface area contributed by atoms with E-state index in [9.17, 15) is 18.3 Å². The molecule has 0 bridgehead atoms. The SMILES string of the molecule is CN(C)C1CCN(CC(C)(O)c2cccc(C(F)(F)F)c2)CC1. The molecule has 0 saturated carbocycles. The van der Waals surface area contributed by atoms with Crippen molar-refractivity contribution < 1.29 is 18.3 Å². The van der Waals surface area contributed by atoms with Gasteiger partial charge in [-0.3, -0.25) is 0 Å². The minimum atomic E-state index is -4.39. The number of rotatable bonds is 4. The Morgan fingerprint density at radius 2 is 1.74 bits per heavy atom. The van der Waals surface area contributed by atoms with E-state index >= 15 is 0 Å². The molecular weight excluding hydrogens is 305 g/mol. The fourth-order valence-electron chi connectivity index (χ4n) is 3.15. The lowest BCUT2D eigenvalue weighted by atomic mass is 9.92. The van der Waals surface area contributed by atoms with Crippen LogP contribution in [0.25, 0.3) is 0 Å². The fourth-order valence-corrected chi connectivity index (χ4v) is 3.15. The summed E-state index contributed by atoms with van der Waals surface area (Å²) in [7, 11) is 4.11. The molecule has 1 N–H and O–H groups in total. The predicted octanol–water partition coefficient (Wildman–Crippen LogP) is 2.94. The van der Waals surface area contributed by atoms with E-state index in [0.29, 0.717) is 18.2 Å². The van der Waals surface area contributed by atoms with Crippen molar-refractivity contribution in [1.29, 1.82) is 0 Å². The second kappa shape index (κ2) is 6.79. The number of alkyl halides is 3. The molecule has 1 saturated heterocycles. The van der Waals surface area contributed by atoms with Crippen molar-refractivity contribution in [3.63, 3.8) is 0 Å². The standard InChI is InChI=1S/C17H25F3N2O/c1-16(23,12-22-9-7-15(8-10-22)21(2)3)13-5-4-6-14(11-13)17(18,19)20/h4-6,11,15,23H,7-10,12H2,1-3H3. The van der Waals surface area contributed by atoms with Gasteiger partial charge in [0.05, 0.1) is 11.2 Å². The van der Waals surface area contributed by atoms with Gasteiger partial charge in [-0.1, -0.05) is 12.1 Å². The van der Waals surface area contributed by atoms with Crippen LogP contribution in [0.5, 0.6) is 0 Å². The van der Waals surface area contributed by atoms with Crippen LogP contribution in [0, 0.1) is 0 Å². The molecule has 0 spiro atoms. The quantitative estimate of drug-likeness (QED) is 0.919. The van der Waals surface area contributed by atoms with E-state index in [0.717, 1.165) is 38.1 Å². The molecule has 6 heteroatoms. The van der Waals surface area contributed by atoms with Crippen LogP contribution >= 0.6 is 0 Å². The third-order valence-electron chi connectivity index (χ3n) is 4.63. The highest BCUT2D eigenvalue weighted by Gasteiger charge is 2.34. The number of β-amino-alcohol motifs (C(OH)–C–C–N with tert-alkyl or cyclic N) is 1. The minimum absolute atomic E-state index is 0.307. The number of halogens is 3. The number of likely N-dealkylation sites (tertiary alicyclic amines) is 1. The van der Waals surface area contributed by atoms with Gasteiger partial charge in [0, 0.05) is 12.6 Å². The molecular formula is C17H25F3N2O. The number of aliphatic hydroxyl groups is 1. The first-order chi connectivity index (χ1) is 10.6. The van der Waals surface area contributed by atoms with Crippen molar-refractivity contribution in [3.05, 3.63) is 35.4 Å². The van der Waals surface area contributed by atoms with Gasteiger partial charge in [0.15, 0.2) is 0 Å². The van der Waals surface area contributed by atoms with E-state index in [4.69, 9.17) is 0 Å². The highest BCUT2D eigenvalue weighted by atomic mass is 19.4. The maximum absolute atomic E-state index is 12.8. The normalized spacial score (nSPS) is 20.7. The summed E-state index contributed by atoms with van der Waals surface area (Å²) in [5.41, 5.74) is -1.71. The van der Waals surface area contributed by atoms with Crippen LogP contribution in [0.15, 0.2) is 24.3 Å². The molecule has 1 fully saturated rings. The summed E-state index contributed by atoms with van der Waals surface area (Å²) in [6.07, 6.45) is -2.38. The Morgan fingerprint density at radius 1 is 1.17 bits per heavy atom. The Labute approximate surface area is 135 Å². The van der Waals surface area contributed by atoms with Crippen molar-refractivity contribution in [2.75, 3.05) is 33.7 Å². The van der Waals surface area contributed by atoms with E-state index in [1.54, 1.807) is 13.0 Å². The molecule has 1 unspecified atom stereocenters. The van der Waals surface area contributed by atoms with Gasteiger partial charge in [0.25, 0.3) is 0 Å². The van der Waals surface area contributed by atoms with Crippen LogP contribution in [-0.2, 0) is 11.8 Å². The molecule has 1 atom stereocenters. The lowest BCUT2D eigenvalue weighted by molar-refractivity contribution is -0.137. The third kappa shape index (κ3) is 4.68. The summed E-state index contributed by atoms with van der Waals surface area (Å²) in [5, 5.41) is 10.7. The lowest BCUT2D eigenvalue weighted by Gasteiger charge is -2.38. The van der Waals surface area contributed by atoms with Crippen LogP contribution in [0.1, 0.15) is 30.9 Å². The van der Waals surface area contributed by atoms with E-state index in [1.165, 1.54) is 6.07 Å². The fraction of sp³-hybridized carbons (Fsp3) is 0.647. The van der Waals surface area contributed by atoms with Gasteiger partial charge in [-0.15, -0.1) is 0 Å². The molecule has 0 aliphatic carbocycles. The summed E-state index contributed by atoms with van der Waals surface area (Å²) in [6, 6.07) is 5.52. The van der Waals surface area contributed by atoms with E-state index in [1.807, 2.05) is 0 Å². The van der Waals surface area contributed by atoms with Crippen molar-refractivity contribution in [2.45, 2.75) is 37.6 Å². The molecule has 1 aliphatic rings. The topological polar surface area (TPSA) is 26.7 Å². The summed E-state index contributed by atoms with van der Waals surface area (Å²) in [5.74, 6) is 0. The number of piperidine rings is 1. The maximum Gasteiger partial charge on any atom is 0.416 e. The van der Waals surface area contributed by atoms with Crippen LogP contribution in [0.3, 0.4) is 0 Å². The smallest absolute Gasteiger partial charge is 0.384 e. The van der Waals surface area contributed by atoms with Gasteiger partial charge in [0.1, 0.15) is 0 Å². The van der Waals surface area contributed by atoms with Crippen molar-refractivity contribution in [1.82, 2.24) is 9.80 Å². The highest BCUT2D eigenvalue weighted by molar-refractivity contribution is 5.29. The van der Waals surface area contributed by atoms with Crippen molar-refractivity contribution in [3.8, 4) is 0 Å². The minimum Gasteiger partial charge on any atom is -0.384 e. The van der Waals surface area contributed by atoms with Gasteiger partial charge in [0.2, 0.25) is 0 Å². The Hall–Kier alpha value is -1.11. The molecule has 1 aliphatic heterocycles. The molecule has 1 aromatic rings. The van der Waals surface area contributed by atoms with Gasteiger partial charge in [-0.2, -0.15) is 13.2 Å². The first kappa shape index (κ1) is 18.2. The zero-order valence-corrected chi connectivity index (χ0v) is 13.9. The number of nitrogens with zero attached hydrogens (tertiary/aromatic N) is 2. The molecule has 0 aromatic heterocycles. The van der Waals surface area contributed by atoms with Crippen LogP contribution in [0.4, 0.5) is 13.2 Å². The van der Waals surface area contributed by atoms with Gasteiger partial charge < -0.3 is 14.9 Å². The molecule has 0 amide bonds. The Bertz CT molecular complexity index is 521.